The summed E-state index contributed by atoms with van der Waals surface area (Å²) >= 11 is 0. The Kier molecular flexibility index (Phi) is 4.60. The molecule has 1 saturated heterocycles. The molecule has 3 aromatic rings. The normalized spacial score (nSPS) is 19.1. The summed E-state index contributed by atoms with van der Waals surface area (Å²) in [5.41, 5.74) is 0.941. The van der Waals surface area contributed by atoms with Crippen LogP contribution in [-0.4, -0.2) is 42.6 Å². The van der Waals surface area contributed by atoms with Gasteiger partial charge in [0.2, 0.25) is 0 Å². The number of tetrazole rings is 1. The maximum absolute atomic E-state index is 13.0. The van der Waals surface area contributed by atoms with Crippen molar-refractivity contribution < 1.29 is 9.59 Å². The molecule has 3 amide bonds. The van der Waals surface area contributed by atoms with E-state index in [1.807, 2.05) is 60.7 Å². The molecular weight excluding hydrogens is 356 g/mol. The third-order valence-electron chi connectivity index (χ3n) is 4.94. The lowest BCUT2D eigenvalue weighted by atomic mass is 9.93. The van der Waals surface area contributed by atoms with Crippen molar-refractivity contribution in [1.82, 2.24) is 30.4 Å². The van der Waals surface area contributed by atoms with E-state index < -0.39 is 11.6 Å². The predicted octanol–water partition coefficient (Wildman–Crippen LogP) is 2.11. The number of para-hydroxylation sites is 1. The zero-order valence-electron chi connectivity index (χ0n) is 15.4. The standard InChI is InChI=1S/C20H20N6O2/c1-20(13-12-15-8-4-2-5-9-15)18(27)25(19(28)21-20)14-17-22-23-24-26(17)16-10-6-3-7-11-16/h2-11H,12-14H2,1H3,(H,21,28). The first-order valence-electron chi connectivity index (χ1n) is 9.07. The van der Waals surface area contributed by atoms with Gasteiger partial charge in [-0.3, -0.25) is 9.69 Å². The summed E-state index contributed by atoms with van der Waals surface area (Å²) in [6.07, 6.45) is 1.21. The Morgan fingerprint density at radius 1 is 1.00 bits per heavy atom. The number of nitrogens with one attached hydrogen (secondary N) is 1. The van der Waals surface area contributed by atoms with E-state index in [1.165, 1.54) is 9.58 Å². The molecule has 1 atom stereocenters. The highest BCUT2D eigenvalue weighted by molar-refractivity contribution is 6.06. The van der Waals surface area contributed by atoms with Crippen LogP contribution in [0, 0.1) is 0 Å². The van der Waals surface area contributed by atoms with Crippen LogP contribution in [-0.2, 0) is 17.8 Å². The molecule has 2 heterocycles. The molecule has 8 heteroatoms. The Morgan fingerprint density at radius 3 is 2.39 bits per heavy atom. The van der Waals surface area contributed by atoms with Gasteiger partial charge in [0, 0.05) is 0 Å². The van der Waals surface area contributed by atoms with Crippen LogP contribution in [0.1, 0.15) is 24.7 Å². The van der Waals surface area contributed by atoms with Crippen molar-refractivity contribution in [2.45, 2.75) is 31.8 Å². The zero-order chi connectivity index (χ0) is 19.6. The number of hydrogen-bond acceptors (Lipinski definition) is 5. The number of rotatable bonds is 6. The summed E-state index contributed by atoms with van der Waals surface area (Å²) in [6, 6.07) is 18.8. The maximum atomic E-state index is 13.0. The van der Waals surface area contributed by atoms with Gasteiger partial charge in [-0.25, -0.2) is 4.79 Å². The fraction of sp³-hybridized carbons (Fsp3) is 0.250. The van der Waals surface area contributed by atoms with Crippen LogP contribution in [0.2, 0.25) is 0 Å². The Morgan fingerprint density at radius 2 is 1.68 bits per heavy atom. The number of aryl methyl sites for hydroxylation is 1. The Balaban J connectivity index is 1.50. The van der Waals surface area contributed by atoms with Gasteiger partial charge in [-0.15, -0.1) is 5.10 Å². The lowest BCUT2D eigenvalue weighted by Gasteiger charge is -2.21. The molecule has 28 heavy (non-hydrogen) atoms. The molecule has 1 aliphatic heterocycles. The third kappa shape index (κ3) is 3.36. The monoisotopic (exact) mass is 376 g/mol. The average Bonchev–Trinajstić information content (AvgIpc) is 3.27. The predicted molar refractivity (Wildman–Crippen MR) is 101 cm³/mol. The average molecular weight is 376 g/mol. The molecule has 1 N–H and O–H groups in total. The molecule has 0 spiro atoms. The van der Waals surface area contributed by atoms with Gasteiger partial charge in [0.15, 0.2) is 5.82 Å². The quantitative estimate of drug-likeness (QED) is 0.665. The second-order valence-corrected chi connectivity index (χ2v) is 6.98. The smallest absolute Gasteiger partial charge is 0.323 e. The SMILES string of the molecule is CC1(CCc2ccccc2)NC(=O)N(Cc2nnnn2-c2ccccc2)C1=O. The summed E-state index contributed by atoms with van der Waals surface area (Å²) in [4.78, 5) is 26.7. The highest BCUT2D eigenvalue weighted by Crippen LogP contribution is 2.24. The van der Waals surface area contributed by atoms with Crippen LogP contribution < -0.4 is 5.32 Å². The van der Waals surface area contributed by atoms with E-state index in [0.29, 0.717) is 18.7 Å². The molecular formula is C20H20N6O2. The molecule has 8 nitrogen and oxygen atoms in total. The molecule has 1 unspecified atom stereocenters. The number of aromatic nitrogens is 4. The number of hydrogen-bond donors (Lipinski definition) is 1. The summed E-state index contributed by atoms with van der Waals surface area (Å²) in [7, 11) is 0. The van der Waals surface area contributed by atoms with Gasteiger partial charge < -0.3 is 5.32 Å². The summed E-state index contributed by atoms with van der Waals surface area (Å²) in [5, 5.41) is 14.5. The first-order valence-corrected chi connectivity index (χ1v) is 9.07. The van der Waals surface area contributed by atoms with E-state index in [4.69, 9.17) is 0 Å². The largest absolute Gasteiger partial charge is 0.325 e. The molecule has 0 saturated carbocycles. The van der Waals surface area contributed by atoms with E-state index in [1.54, 1.807) is 6.92 Å². The van der Waals surface area contributed by atoms with E-state index in [-0.39, 0.29) is 12.5 Å². The van der Waals surface area contributed by atoms with E-state index in [9.17, 15) is 9.59 Å². The van der Waals surface area contributed by atoms with Gasteiger partial charge in [0.05, 0.1) is 12.2 Å². The second kappa shape index (κ2) is 7.22. The molecule has 142 valence electrons. The number of amides is 3. The minimum absolute atomic E-state index is 0.00743. The van der Waals surface area contributed by atoms with Crippen molar-refractivity contribution in [2.75, 3.05) is 0 Å². The highest BCUT2D eigenvalue weighted by atomic mass is 16.2. The molecule has 0 radical (unpaired) electrons. The Hall–Kier alpha value is -3.55. The fourth-order valence-electron chi connectivity index (χ4n) is 3.31. The topological polar surface area (TPSA) is 93.0 Å². The van der Waals surface area contributed by atoms with Crippen LogP contribution in [0.5, 0.6) is 0 Å². The van der Waals surface area contributed by atoms with E-state index >= 15 is 0 Å². The molecule has 0 bridgehead atoms. The minimum Gasteiger partial charge on any atom is -0.323 e. The van der Waals surface area contributed by atoms with E-state index in [0.717, 1.165) is 11.3 Å². The van der Waals surface area contributed by atoms with Gasteiger partial charge >= 0.3 is 6.03 Å². The van der Waals surface area contributed by atoms with Gasteiger partial charge in [-0.1, -0.05) is 48.5 Å². The fourth-order valence-corrected chi connectivity index (χ4v) is 3.31. The lowest BCUT2D eigenvalue weighted by Crippen LogP contribution is -2.44. The Labute approximate surface area is 162 Å². The zero-order valence-corrected chi connectivity index (χ0v) is 15.4. The van der Waals surface area contributed by atoms with Gasteiger partial charge in [-0.05, 0) is 47.9 Å². The number of benzene rings is 2. The van der Waals surface area contributed by atoms with Crippen molar-refractivity contribution in [1.29, 1.82) is 0 Å². The van der Waals surface area contributed by atoms with E-state index in [2.05, 4.69) is 20.8 Å². The van der Waals surface area contributed by atoms with Crippen LogP contribution in [0.4, 0.5) is 4.79 Å². The van der Waals surface area contributed by atoms with Crippen molar-refractivity contribution in [3.8, 4) is 5.69 Å². The Bertz CT molecular complexity index is 988. The van der Waals surface area contributed by atoms with Crippen LogP contribution >= 0.6 is 0 Å². The first-order chi connectivity index (χ1) is 13.6. The summed E-state index contributed by atoms with van der Waals surface area (Å²) in [5.74, 6) is 0.151. The highest BCUT2D eigenvalue weighted by Gasteiger charge is 2.47. The summed E-state index contributed by atoms with van der Waals surface area (Å²) < 4.78 is 1.53. The third-order valence-corrected chi connectivity index (χ3v) is 4.94. The number of nitrogens with zero attached hydrogens (tertiary/aromatic N) is 5. The van der Waals surface area contributed by atoms with Crippen LogP contribution in [0.25, 0.3) is 5.69 Å². The second-order valence-electron chi connectivity index (χ2n) is 6.98. The molecule has 0 aliphatic carbocycles. The van der Waals surface area contributed by atoms with Crippen molar-refractivity contribution in [3.05, 3.63) is 72.1 Å². The van der Waals surface area contributed by atoms with Crippen molar-refractivity contribution in [2.24, 2.45) is 0 Å². The van der Waals surface area contributed by atoms with Crippen LogP contribution in [0.3, 0.4) is 0 Å². The first kappa shape index (κ1) is 17.8. The number of urea groups is 1. The summed E-state index contributed by atoms with van der Waals surface area (Å²) in [6.45, 7) is 1.77. The van der Waals surface area contributed by atoms with Crippen LogP contribution in [0.15, 0.2) is 60.7 Å². The van der Waals surface area contributed by atoms with Crippen molar-refractivity contribution in [3.63, 3.8) is 0 Å². The number of carbonyl (C=O) groups is 2. The molecule has 1 aromatic heterocycles. The molecule has 2 aromatic carbocycles. The lowest BCUT2D eigenvalue weighted by molar-refractivity contribution is -0.131. The van der Waals surface area contributed by atoms with Gasteiger partial charge in [0.25, 0.3) is 5.91 Å². The van der Waals surface area contributed by atoms with Gasteiger partial charge in [0.1, 0.15) is 5.54 Å². The number of imide groups is 1. The maximum Gasteiger partial charge on any atom is 0.325 e. The molecule has 4 rings (SSSR count). The molecule has 1 aliphatic rings. The number of carbonyl (C=O) groups excluding carboxylic acids is 2. The minimum atomic E-state index is -0.946. The van der Waals surface area contributed by atoms with Crippen molar-refractivity contribution >= 4 is 11.9 Å². The van der Waals surface area contributed by atoms with Gasteiger partial charge in [-0.2, -0.15) is 4.68 Å². The molecule has 1 fully saturated rings.